The summed E-state index contributed by atoms with van der Waals surface area (Å²) >= 11 is 0. The summed E-state index contributed by atoms with van der Waals surface area (Å²) in [5, 5.41) is 15.8. The summed E-state index contributed by atoms with van der Waals surface area (Å²) in [6.07, 6.45) is -0.539. The van der Waals surface area contributed by atoms with E-state index in [1.807, 2.05) is 19.9 Å². The summed E-state index contributed by atoms with van der Waals surface area (Å²) in [6.45, 7) is 9.21. The van der Waals surface area contributed by atoms with E-state index in [1.54, 1.807) is 33.9 Å². The third-order valence-corrected chi connectivity index (χ3v) is 3.70. The van der Waals surface area contributed by atoms with Gasteiger partial charge in [-0.25, -0.2) is 9.59 Å². The molecule has 0 fully saturated rings. The number of anilines is 1. The highest BCUT2D eigenvalue weighted by Crippen LogP contribution is 2.29. The lowest BCUT2D eigenvalue weighted by Gasteiger charge is -2.21. The second-order valence-electron chi connectivity index (χ2n) is 6.94. The number of aromatic carboxylic acids is 1. The Kier molecular flexibility index (Phi) is 4.87. The summed E-state index contributed by atoms with van der Waals surface area (Å²) < 4.78 is 6.80. The van der Waals surface area contributed by atoms with Crippen LogP contribution in [0.3, 0.4) is 0 Å². The van der Waals surface area contributed by atoms with Crippen LogP contribution in [0, 0.1) is 13.8 Å². The van der Waals surface area contributed by atoms with Gasteiger partial charge >= 0.3 is 12.1 Å². The molecule has 7 nitrogen and oxygen atoms in total. The van der Waals surface area contributed by atoms with E-state index in [0.717, 1.165) is 16.7 Å². The van der Waals surface area contributed by atoms with Crippen LogP contribution in [0.2, 0.25) is 0 Å². The fourth-order valence-corrected chi connectivity index (χ4v) is 2.39. The zero-order valence-electron chi connectivity index (χ0n) is 15.3. The Morgan fingerprint density at radius 1 is 1.20 bits per heavy atom. The quantitative estimate of drug-likeness (QED) is 0.883. The molecule has 0 aliphatic heterocycles. The zero-order chi connectivity index (χ0) is 18.9. The normalized spacial score (nSPS) is 11.3. The minimum Gasteiger partial charge on any atom is -0.476 e. The maximum absolute atomic E-state index is 12.1. The predicted octanol–water partition coefficient (Wildman–Crippen LogP) is 3.75. The Morgan fingerprint density at radius 3 is 2.36 bits per heavy atom. The van der Waals surface area contributed by atoms with Gasteiger partial charge in [-0.15, -0.1) is 0 Å². The molecule has 1 heterocycles. The van der Waals surface area contributed by atoms with Crippen LogP contribution in [0.25, 0.3) is 11.3 Å². The third kappa shape index (κ3) is 4.37. The lowest BCUT2D eigenvalue weighted by Crippen LogP contribution is -2.27. The van der Waals surface area contributed by atoms with Crippen molar-refractivity contribution in [3.8, 4) is 11.3 Å². The Morgan fingerprint density at radius 2 is 1.84 bits per heavy atom. The van der Waals surface area contributed by atoms with Gasteiger partial charge in [0, 0.05) is 18.3 Å². The number of ether oxygens (including phenoxy) is 1. The second kappa shape index (κ2) is 6.58. The molecule has 1 amide bonds. The smallest absolute Gasteiger partial charge is 0.412 e. The first-order valence-corrected chi connectivity index (χ1v) is 7.87. The molecule has 134 valence electrons. The van der Waals surface area contributed by atoms with Gasteiger partial charge in [-0.1, -0.05) is 0 Å². The highest BCUT2D eigenvalue weighted by molar-refractivity contribution is 5.89. The highest BCUT2D eigenvalue weighted by atomic mass is 16.6. The molecule has 0 aliphatic carbocycles. The van der Waals surface area contributed by atoms with Gasteiger partial charge in [0.2, 0.25) is 0 Å². The first-order valence-electron chi connectivity index (χ1n) is 7.87. The maximum Gasteiger partial charge on any atom is 0.412 e. The number of aryl methyl sites for hydroxylation is 2. The van der Waals surface area contributed by atoms with Crippen molar-refractivity contribution >= 4 is 17.7 Å². The number of carboxylic acid groups (broad SMARTS) is 1. The molecular weight excluding hydrogens is 322 g/mol. The molecule has 25 heavy (non-hydrogen) atoms. The maximum atomic E-state index is 12.1. The van der Waals surface area contributed by atoms with E-state index in [-0.39, 0.29) is 5.69 Å². The van der Waals surface area contributed by atoms with Crippen molar-refractivity contribution in [2.24, 2.45) is 7.05 Å². The molecule has 7 heteroatoms. The molecule has 0 spiro atoms. The van der Waals surface area contributed by atoms with Crippen molar-refractivity contribution < 1.29 is 19.4 Å². The fourth-order valence-electron chi connectivity index (χ4n) is 2.39. The molecule has 2 aromatic rings. The summed E-state index contributed by atoms with van der Waals surface area (Å²) in [6, 6.07) is 5.22. The number of rotatable bonds is 3. The van der Waals surface area contributed by atoms with Gasteiger partial charge in [-0.3, -0.25) is 10.00 Å². The molecule has 1 aromatic heterocycles. The first-order chi connectivity index (χ1) is 11.5. The van der Waals surface area contributed by atoms with Crippen LogP contribution in [0.5, 0.6) is 0 Å². The Hall–Kier alpha value is -2.83. The van der Waals surface area contributed by atoms with E-state index in [0.29, 0.717) is 11.4 Å². The summed E-state index contributed by atoms with van der Waals surface area (Å²) in [5.41, 5.74) is 3.27. The van der Waals surface area contributed by atoms with Crippen molar-refractivity contribution in [3.05, 3.63) is 35.0 Å². The van der Waals surface area contributed by atoms with E-state index < -0.39 is 17.7 Å². The standard InChI is InChI=1S/C18H23N3O4/c1-10-7-12(15-9-14(16(22)23)20-21(15)6)8-13(11(10)2)19-17(24)25-18(3,4)5/h7-9H,1-6H3,(H,19,24)(H,22,23). The van der Waals surface area contributed by atoms with Crippen LogP contribution >= 0.6 is 0 Å². The van der Waals surface area contributed by atoms with Crippen molar-refractivity contribution in [2.75, 3.05) is 5.32 Å². The second-order valence-corrected chi connectivity index (χ2v) is 6.94. The summed E-state index contributed by atoms with van der Waals surface area (Å²) in [7, 11) is 1.68. The number of hydrogen-bond donors (Lipinski definition) is 2. The fraction of sp³-hybridized carbons (Fsp3) is 0.389. The van der Waals surface area contributed by atoms with Gasteiger partial charge in [-0.05, 0) is 63.9 Å². The Bertz CT molecular complexity index is 832. The van der Waals surface area contributed by atoms with Gasteiger partial charge in [-0.2, -0.15) is 5.10 Å². The molecule has 0 aliphatic rings. The van der Waals surface area contributed by atoms with Gasteiger partial charge < -0.3 is 9.84 Å². The molecule has 0 saturated heterocycles. The molecule has 2 N–H and O–H groups in total. The number of nitrogens with one attached hydrogen (secondary N) is 1. The number of carboxylic acids is 1. The van der Waals surface area contributed by atoms with E-state index in [2.05, 4.69) is 10.4 Å². The minimum atomic E-state index is -1.09. The number of benzene rings is 1. The van der Waals surface area contributed by atoms with Crippen molar-refractivity contribution in [2.45, 2.75) is 40.2 Å². The SMILES string of the molecule is Cc1cc(-c2cc(C(=O)O)nn2C)cc(NC(=O)OC(C)(C)C)c1C. The van der Waals surface area contributed by atoms with Crippen molar-refractivity contribution in [3.63, 3.8) is 0 Å². The average Bonchev–Trinajstić information content (AvgIpc) is 2.84. The molecule has 0 bridgehead atoms. The summed E-state index contributed by atoms with van der Waals surface area (Å²) in [4.78, 5) is 23.2. The van der Waals surface area contributed by atoms with Gasteiger partial charge in [0.15, 0.2) is 5.69 Å². The summed E-state index contributed by atoms with van der Waals surface area (Å²) in [5.74, 6) is -1.09. The largest absolute Gasteiger partial charge is 0.476 e. The Balaban J connectivity index is 2.41. The van der Waals surface area contributed by atoms with Crippen LogP contribution in [0.4, 0.5) is 10.5 Å². The number of amides is 1. The van der Waals surface area contributed by atoms with Crippen molar-refractivity contribution in [1.29, 1.82) is 0 Å². The van der Waals surface area contributed by atoms with Crippen molar-refractivity contribution in [1.82, 2.24) is 9.78 Å². The number of hydrogen-bond acceptors (Lipinski definition) is 4. The predicted molar refractivity (Wildman–Crippen MR) is 94.9 cm³/mol. The van der Waals surface area contributed by atoms with Crippen LogP contribution in [0.1, 0.15) is 42.4 Å². The molecule has 2 rings (SSSR count). The Labute approximate surface area is 146 Å². The molecule has 0 atom stereocenters. The molecular formula is C18H23N3O4. The topological polar surface area (TPSA) is 93.5 Å². The number of aromatic nitrogens is 2. The van der Waals surface area contributed by atoms with E-state index in [1.165, 1.54) is 10.7 Å². The average molecular weight is 345 g/mol. The van der Waals surface area contributed by atoms with Crippen LogP contribution in [0.15, 0.2) is 18.2 Å². The van der Waals surface area contributed by atoms with Crippen LogP contribution < -0.4 is 5.32 Å². The lowest BCUT2D eigenvalue weighted by molar-refractivity contribution is 0.0633. The van der Waals surface area contributed by atoms with Crippen LogP contribution in [-0.4, -0.2) is 32.6 Å². The van der Waals surface area contributed by atoms with Crippen LogP contribution in [-0.2, 0) is 11.8 Å². The van der Waals surface area contributed by atoms with Gasteiger partial charge in [0.25, 0.3) is 0 Å². The monoisotopic (exact) mass is 345 g/mol. The van der Waals surface area contributed by atoms with E-state index in [4.69, 9.17) is 9.84 Å². The molecule has 1 aromatic carbocycles. The lowest BCUT2D eigenvalue weighted by atomic mass is 10.0. The van der Waals surface area contributed by atoms with Gasteiger partial charge in [0.1, 0.15) is 5.60 Å². The molecule has 0 unspecified atom stereocenters. The number of carbonyl (C=O) groups is 2. The minimum absolute atomic E-state index is 0.0302. The first kappa shape index (κ1) is 18.5. The third-order valence-electron chi connectivity index (χ3n) is 3.70. The zero-order valence-corrected chi connectivity index (χ0v) is 15.3. The van der Waals surface area contributed by atoms with Gasteiger partial charge in [0.05, 0.1) is 5.69 Å². The molecule has 0 radical (unpaired) electrons. The van der Waals surface area contributed by atoms with E-state index in [9.17, 15) is 9.59 Å². The highest BCUT2D eigenvalue weighted by Gasteiger charge is 2.19. The number of nitrogens with zero attached hydrogens (tertiary/aromatic N) is 2. The number of carbonyl (C=O) groups excluding carboxylic acids is 1. The molecule has 0 saturated carbocycles. The van der Waals surface area contributed by atoms with E-state index >= 15 is 0 Å².